The molecular formula is C22H27N5O4S. The molecule has 2 aromatic heterocycles. The number of urea groups is 1. The first-order chi connectivity index (χ1) is 15.2. The van der Waals surface area contributed by atoms with E-state index >= 15 is 0 Å². The van der Waals surface area contributed by atoms with E-state index in [9.17, 15) is 13.2 Å². The quantitative estimate of drug-likeness (QED) is 0.732. The van der Waals surface area contributed by atoms with E-state index < -0.39 is 16.1 Å². The summed E-state index contributed by atoms with van der Waals surface area (Å²) in [5, 5.41) is 7.06. The number of pyridine rings is 1. The highest BCUT2D eigenvalue weighted by atomic mass is 32.2. The first-order valence-corrected chi connectivity index (χ1v) is 12.7. The Balaban J connectivity index is 1.27. The van der Waals surface area contributed by atoms with Crippen molar-refractivity contribution in [2.24, 2.45) is 5.41 Å². The molecule has 2 N–H and O–H groups in total. The van der Waals surface area contributed by atoms with Gasteiger partial charge in [-0.1, -0.05) is 13.8 Å². The smallest absolute Gasteiger partial charge is 0.333 e. The van der Waals surface area contributed by atoms with Gasteiger partial charge in [-0.15, -0.1) is 0 Å². The Morgan fingerprint density at radius 3 is 2.75 bits per heavy atom. The van der Waals surface area contributed by atoms with Crippen LogP contribution in [0.3, 0.4) is 0 Å². The van der Waals surface area contributed by atoms with Gasteiger partial charge in [-0.2, -0.15) is 5.10 Å². The predicted octanol–water partition coefficient (Wildman–Crippen LogP) is 2.67. The average Bonchev–Trinajstić information content (AvgIpc) is 3.08. The molecule has 1 aliphatic heterocycles. The molecule has 10 heteroatoms. The molecule has 1 saturated carbocycles. The molecule has 0 bridgehead atoms. The second-order valence-corrected chi connectivity index (χ2v) is 11.9. The van der Waals surface area contributed by atoms with Crippen molar-refractivity contribution in [2.75, 3.05) is 11.9 Å². The van der Waals surface area contributed by atoms with E-state index in [1.807, 2.05) is 0 Å². The lowest BCUT2D eigenvalue weighted by Gasteiger charge is -2.24. The minimum atomic E-state index is -4.13. The van der Waals surface area contributed by atoms with Crippen molar-refractivity contribution >= 4 is 21.7 Å². The number of ether oxygens (including phenoxy) is 1. The van der Waals surface area contributed by atoms with Crippen molar-refractivity contribution in [1.29, 1.82) is 0 Å². The third-order valence-electron chi connectivity index (χ3n) is 7.44. The number of carbonyl (C=O) groups is 1. The highest BCUT2D eigenvalue weighted by Gasteiger charge is 2.48. The van der Waals surface area contributed by atoms with Crippen molar-refractivity contribution in [3.05, 3.63) is 28.7 Å². The van der Waals surface area contributed by atoms with Crippen molar-refractivity contribution in [3.63, 3.8) is 0 Å². The summed E-state index contributed by atoms with van der Waals surface area (Å²) in [7, 11) is -4.13. The number of nitrogens with one attached hydrogen (secondary N) is 2. The van der Waals surface area contributed by atoms with Gasteiger partial charge in [-0.3, -0.25) is 4.98 Å². The molecule has 0 saturated heterocycles. The minimum Gasteiger partial charge on any atom is -0.476 e. The molecule has 170 valence electrons. The number of amides is 2. The van der Waals surface area contributed by atoms with Crippen LogP contribution in [0.2, 0.25) is 0 Å². The number of fused-ring (bicyclic) bond motifs is 3. The van der Waals surface area contributed by atoms with E-state index in [1.54, 1.807) is 4.68 Å². The molecule has 4 aliphatic rings. The van der Waals surface area contributed by atoms with Crippen LogP contribution in [-0.2, 0) is 41.2 Å². The summed E-state index contributed by atoms with van der Waals surface area (Å²) in [5.41, 5.74) is 4.89. The standard InChI is InChI=1S/C22H27N5O4S/c1-21(2)7-6-14-17(13-4-3-5-15(13)24-18(14)21)25-20(28)26-32(29,30)16-10-23-27-11-22(8-9-22)12-31-19(16)27/h10H,3-9,11-12H2,1-2H3,(H2,24,25,26,28). The van der Waals surface area contributed by atoms with Crippen LogP contribution in [0.4, 0.5) is 10.5 Å². The molecule has 0 radical (unpaired) electrons. The fourth-order valence-electron chi connectivity index (χ4n) is 5.31. The molecule has 0 unspecified atom stereocenters. The number of hydrogen-bond donors (Lipinski definition) is 2. The van der Waals surface area contributed by atoms with Gasteiger partial charge in [0.15, 0.2) is 4.90 Å². The average molecular weight is 458 g/mol. The number of sulfonamides is 1. The van der Waals surface area contributed by atoms with Gasteiger partial charge < -0.3 is 10.1 Å². The number of aryl methyl sites for hydroxylation is 1. The van der Waals surface area contributed by atoms with Gasteiger partial charge >= 0.3 is 6.03 Å². The van der Waals surface area contributed by atoms with E-state index in [1.165, 1.54) is 6.20 Å². The van der Waals surface area contributed by atoms with Crippen LogP contribution in [0.5, 0.6) is 5.88 Å². The van der Waals surface area contributed by atoms with E-state index in [0.29, 0.717) is 13.2 Å². The van der Waals surface area contributed by atoms with Crippen LogP contribution < -0.4 is 14.8 Å². The molecule has 3 heterocycles. The van der Waals surface area contributed by atoms with Gasteiger partial charge in [-0.25, -0.2) is 22.6 Å². The van der Waals surface area contributed by atoms with Crippen LogP contribution >= 0.6 is 0 Å². The molecule has 1 spiro atoms. The molecule has 9 nitrogen and oxygen atoms in total. The molecule has 2 aromatic rings. The third kappa shape index (κ3) is 3.02. The maximum absolute atomic E-state index is 13.0. The second-order valence-electron chi connectivity index (χ2n) is 10.3. The number of hydrogen-bond acceptors (Lipinski definition) is 6. The number of nitrogens with zero attached hydrogens (tertiary/aromatic N) is 3. The number of carbonyl (C=O) groups excluding carboxylic acids is 1. The zero-order valence-electron chi connectivity index (χ0n) is 18.3. The Bertz CT molecular complexity index is 1260. The minimum absolute atomic E-state index is 0.0561. The molecule has 1 fully saturated rings. The summed E-state index contributed by atoms with van der Waals surface area (Å²) < 4.78 is 35.5. The lowest BCUT2D eigenvalue weighted by atomic mass is 9.90. The Labute approximate surface area is 187 Å². The maximum atomic E-state index is 13.0. The highest BCUT2D eigenvalue weighted by Crippen LogP contribution is 2.50. The summed E-state index contributed by atoms with van der Waals surface area (Å²) >= 11 is 0. The van der Waals surface area contributed by atoms with Crippen molar-refractivity contribution in [3.8, 4) is 5.88 Å². The zero-order valence-corrected chi connectivity index (χ0v) is 19.1. The van der Waals surface area contributed by atoms with E-state index in [0.717, 1.165) is 73.1 Å². The highest BCUT2D eigenvalue weighted by molar-refractivity contribution is 7.90. The molecule has 0 aromatic carbocycles. The van der Waals surface area contributed by atoms with E-state index in [-0.39, 0.29) is 21.6 Å². The van der Waals surface area contributed by atoms with Gasteiger partial charge in [0.2, 0.25) is 5.88 Å². The lowest BCUT2D eigenvalue weighted by Crippen LogP contribution is -2.35. The van der Waals surface area contributed by atoms with Crippen molar-refractivity contribution in [2.45, 2.75) is 75.6 Å². The summed E-state index contributed by atoms with van der Waals surface area (Å²) in [6.07, 6.45) is 7.86. The summed E-state index contributed by atoms with van der Waals surface area (Å²) in [5.74, 6) is 0.204. The summed E-state index contributed by atoms with van der Waals surface area (Å²) in [4.78, 5) is 17.7. The Hall–Kier alpha value is -2.62. The first kappa shape index (κ1) is 20.0. The lowest BCUT2D eigenvalue weighted by molar-refractivity contribution is 0.144. The van der Waals surface area contributed by atoms with Gasteiger partial charge in [0, 0.05) is 16.5 Å². The van der Waals surface area contributed by atoms with Gasteiger partial charge in [0.05, 0.1) is 30.7 Å². The first-order valence-electron chi connectivity index (χ1n) is 11.3. The van der Waals surface area contributed by atoms with Crippen LogP contribution in [0, 0.1) is 5.41 Å². The van der Waals surface area contributed by atoms with Crippen molar-refractivity contribution < 1.29 is 17.9 Å². The third-order valence-corrected chi connectivity index (χ3v) is 8.75. The fraction of sp³-hybridized carbons (Fsp3) is 0.591. The molecule has 2 amide bonds. The number of anilines is 1. The summed E-state index contributed by atoms with van der Waals surface area (Å²) in [6.45, 7) is 5.46. The Kier molecular flexibility index (Phi) is 4.04. The van der Waals surface area contributed by atoms with Crippen LogP contribution in [0.15, 0.2) is 11.1 Å². The second kappa shape index (κ2) is 6.46. The Morgan fingerprint density at radius 2 is 1.97 bits per heavy atom. The number of rotatable bonds is 3. The van der Waals surface area contributed by atoms with E-state index in [4.69, 9.17) is 9.72 Å². The monoisotopic (exact) mass is 457 g/mol. The van der Waals surface area contributed by atoms with E-state index in [2.05, 4.69) is 29.0 Å². The normalized spacial score (nSPS) is 21.4. The predicted molar refractivity (Wildman–Crippen MR) is 116 cm³/mol. The van der Waals surface area contributed by atoms with Crippen LogP contribution in [-0.4, -0.2) is 35.8 Å². The maximum Gasteiger partial charge on any atom is 0.333 e. The molecule has 6 rings (SSSR count). The van der Waals surface area contributed by atoms with Gasteiger partial charge in [0.1, 0.15) is 0 Å². The fourth-order valence-corrected chi connectivity index (χ4v) is 6.30. The SMILES string of the molecule is CC1(C)CCc2c1nc1c(c2NC(=O)NS(=O)(=O)c2cnn3c2OCC2(CC2)C3)CCC1. The molecule has 3 aliphatic carbocycles. The van der Waals surface area contributed by atoms with Crippen LogP contribution in [0.25, 0.3) is 0 Å². The van der Waals surface area contributed by atoms with Gasteiger partial charge in [0.25, 0.3) is 10.0 Å². The van der Waals surface area contributed by atoms with Crippen LogP contribution in [0.1, 0.15) is 62.0 Å². The topological polar surface area (TPSA) is 115 Å². The Morgan fingerprint density at radius 1 is 1.16 bits per heavy atom. The largest absolute Gasteiger partial charge is 0.476 e. The molecule has 0 atom stereocenters. The number of aromatic nitrogens is 3. The summed E-state index contributed by atoms with van der Waals surface area (Å²) in [6, 6.07) is -0.772. The van der Waals surface area contributed by atoms with Gasteiger partial charge in [-0.05, 0) is 56.1 Å². The molecular weight excluding hydrogens is 430 g/mol. The molecule has 32 heavy (non-hydrogen) atoms. The zero-order chi connectivity index (χ0) is 22.3. The van der Waals surface area contributed by atoms with Crippen molar-refractivity contribution in [1.82, 2.24) is 19.5 Å².